The fourth-order valence-corrected chi connectivity index (χ4v) is 3.12. The van der Waals surface area contributed by atoms with Gasteiger partial charge in [-0.05, 0) is 37.3 Å². The van der Waals surface area contributed by atoms with Crippen molar-refractivity contribution in [2.24, 2.45) is 0 Å². The fourth-order valence-electron chi connectivity index (χ4n) is 1.92. The van der Waals surface area contributed by atoms with Gasteiger partial charge in [-0.3, -0.25) is 14.4 Å². The standard InChI is InChI=1S/C17H15Cl2NO4S/c1-10(17(23)20-12-4-2-3-11(18)9-12)24-16(22)8-5-13(21)14-6-7-15(19)25-14/h2-4,6-7,9-10H,5,8H2,1H3,(H,20,23)/t10-/m0/s1. The number of halogens is 2. The van der Waals surface area contributed by atoms with Gasteiger partial charge in [0, 0.05) is 17.1 Å². The highest BCUT2D eigenvalue weighted by Gasteiger charge is 2.19. The van der Waals surface area contributed by atoms with Gasteiger partial charge in [-0.15, -0.1) is 11.3 Å². The second-order valence-electron chi connectivity index (χ2n) is 5.16. The van der Waals surface area contributed by atoms with E-state index >= 15 is 0 Å². The Morgan fingerprint density at radius 2 is 1.92 bits per heavy atom. The van der Waals surface area contributed by atoms with Crippen LogP contribution in [-0.4, -0.2) is 23.8 Å². The summed E-state index contributed by atoms with van der Waals surface area (Å²) < 4.78 is 5.56. The number of hydrogen-bond donors (Lipinski definition) is 1. The Labute approximate surface area is 158 Å². The molecule has 1 atom stereocenters. The van der Waals surface area contributed by atoms with Crippen LogP contribution in [0.1, 0.15) is 29.4 Å². The van der Waals surface area contributed by atoms with E-state index in [2.05, 4.69) is 5.32 Å². The number of amides is 1. The fraction of sp³-hybridized carbons (Fsp3) is 0.235. The number of esters is 1. The van der Waals surface area contributed by atoms with E-state index in [1.54, 1.807) is 36.4 Å². The molecule has 0 radical (unpaired) electrons. The van der Waals surface area contributed by atoms with E-state index in [-0.39, 0.29) is 18.6 Å². The van der Waals surface area contributed by atoms with Gasteiger partial charge in [0.2, 0.25) is 0 Å². The maximum atomic E-state index is 12.0. The second-order valence-corrected chi connectivity index (χ2v) is 7.31. The minimum Gasteiger partial charge on any atom is -0.453 e. The molecule has 0 aliphatic rings. The number of hydrogen-bond acceptors (Lipinski definition) is 5. The van der Waals surface area contributed by atoms with Gasteiger partial charge < -0.3 is 10.1 Å². The van der Waals surface area contributed by atoms with Gasteiger partial charge in [-0.2, -0.15) is 0 Å². The number of anilines is 1. The van der Waals surface area contributed by atoms with E-state index < -0.39 is 18.0 Å². The predicted octanol–water partition coefficient (Wildman–Crippen LogP) is 4.59. The number of rotatable bonds is 7. The number of ketones is 1. The van der Waals surface area contributed by atoms with E-state index in [4.69, 9.17) is 27.9 Å². The van der Waals surface area contributed by atoms with E-state index in [0.717, 1.165) is 11.3 Å². The summed E-state index contributed by atoms with van der Waals surface area (Å²) in [7, 11) is 0. The molecule has 132 valence electrons. The minimum absolute atomic E-state index is 0.00168. The summed E-state index contributed by atoms with van der Waals surface area (Å²) in [5.41, 5.74) is 0.505. The van der Waals surface area contributed by atoms with Crippen LogP contribution in [0.15, 0.2) is 36.4 Å². The zero-order valence-corrected chi connectivity index (χ0v) is 15.6. The first-order valence-electron chi connectivity index (χ1n) is 7.39. The van der Waals surface area contributed by atoms with Crippen molar-refractivity contribution in [3.63, 3.8) is 0 Å². The first-order valence-corrected chi connectivity index (χ1v) is 8.97. The molecule has 0 saturated carbocycles. The van der Waals surface area contributed by atoms with Crippen LogP contribution in [0, 0.1) is 0 Å². The zero-order valence-electron chi connectivity index (χ0n) is 13.3. The van der Waals surface area contributed by atoms with E-state index in [1.165, 1.54) is 6.92 Å². The predicted molar refractivity (Wildman–Crippen MR) is 98.5 cm³/mol. The number of carbonyl (C=O) groups is 3. The van der Waals surface area contributed by atoms with Crippen LogP contribution >= 0.6 is 34.5 Å². The Bertz CT molecular complexity index is 790. The Hall–Kier alpha value is -1.89. The molecule has 5 nitrogen and oxygen atoms in total. The minimum atomic E-state index is -0.988. The van der Waals surface area contributed by atoms with Gasteiger partial charge in [0.1, 0.15) is 0 Å². The van der Waals surface area contributed by atoms with E-state index in [1.807, 2.05) is 0 Å². The molecular weight excluding hydrogens is 385 g/mol. The molecular formula is C17H15Cl2NO4S. The second kappa shape index (κ2) is 8.99. The average molecular weight is 400 g/mol. The Morgan fingerprint density at radius 3 is 2.56 bits per heavy atom. The lowest BCUT2D eigenvalue weighted by Crippen LogP contribution is -2.30. The monoisotopic (exact) mass is 399 g/mol. The SMILES string of the molecule is C[C@H](OC(=O)CCC(=O)c1ccc(Cl)s1)C(=O)Nc1cccc(Cl)c1. The molecule has 0 unspecified atom stereocenters. The van der Waals surface area contributed by atoms with Crippen LogP contribution in [0.3, 0.4) is 0 Å². The maximum Gasteiger partial charge on any atom is 0.307 e. The number of carbonyl (C=O) groups excluding carboxylic acids is 3. The number of ether oxygens (including phenoxy) is 1. The van der Waals surface area contributed by atoms with E-state index in [9.17, 15) is 14.4 Å². The summed E-state index contributed by atoms with van der Waals surface area (Å²) in [5, 5.41) is 3.08. The van der Waals surface area contributed by atoms with Crippen molar-refractivity contribution in [1.82, 2.24) is 0 Å². The Balaban J connectivity index is 1.79. The first kappa shape index (κ1) is 19.4. The largest absolute Gasteiger partial charge is 0.453 e. The molecule has 0 bridgehead atoms. The summed E-state index contributed by atoms with van der Waals surface area (Å²) in [6, 6.07) is 9.86. The van der Waals surface area contributed by atoms with Gasteiger partial charge in [0.05, 0.1) is 15.6 Å². The lowest BCUT2D eigenvalue weighted by atomic mass is 10.2. The molecule has 0 fully saturated rings. The molecule has 0 spiro atoms. The highest BCUT2D eigenvalue weighted by atomic mass is 35.5. The third kappa shape index (κ3) is 6.16. The van der Waals surface area contributed by atoms with Crippen LogP contribution in [0.2, 0.25) is 9.36 Å². The van der Waals surface area contributed by atoms with Gasteiger partial charge in [0.25, 0.3) is 5.91 Å². The molecule has 8 heteroatoms. The molecule has 0 saturated heterocycles. The number of Topliss-reactive ketones (excluding diaryl/α,β-unsaturated/α-hetero) is 1. The molecule has 1 heterocycles. The summed E-state index contributed by atoms with van der Waals surface area (Å²) in [6.45, 7) is 1.46. The third-order valence-electron chi connectivity index (χ3n) is 3.17. The molecule has 1 aromatic carbocycles. The van der Waals surface area contributed by atoms with Crippen LogP contribution in [0.5, 0.6) is 0 Å². The van der Waals surface area contributed by atoms with Crippen LogP contribution in [-0.2, 0) is 14.3 Å². The molecule has 0 aliphatic carbocycles. The van der Waals surface area contributed by atoms with Crippen molar-refractivity contribution in [3.05, 3.63) is 50.6 Å². The number of thiophene rings is 1. The van der Waals surface area contributed by atoms with E-state index in [0.29, 0.717) is 19.9 Å². The Kier molecular flexibility index (Phi) is 6.99. The van der Waals surface area contributed by atoms with Crippen molar-refractivity contribution in [2.45, 2.75) is 25.9 Å². The van der Waals surface area contributed by atoms with Crippen molar-refractivity contribution in [1.29, 1.82) is 0 Å². The molecule has 2 aromatic rings. The first-order chi connectivity index (χ1) is 11.8. The zero-order chi connectivity index (χ0) is 18.4. The van der Waals surface area contributed by atoms with Crippen LogP contribution in [0.25, 0.3) is 0 Å². The Morgan fingerprint density at radius 1 is 1.16 bits per heavy atom. The highest BCUT2D eigenvalue weighted by molar-refractivity contribution is 7.18. The molecule has 2 rings (SSSR count). The smallest absolute Gasteiger partial charge is 0.307 e. The van der Waals surface area contributed by atoms with Crippen molar-refractivity contribution in [2.75, 3.05) is 5.32 Å². The molecule has 0 aliphatic heterocycles. The summed E-state index contributed by atoms with van der Waals surface area (Å²) in [4.78, 5) is 36.2. The van der Waals surface area contributed by atoms with Crippen molar-refractivity contribution < 1.29 is 19.1 Å². The quantitative estimate of drug-likeness (QED) is 0.545. The highest BCUT2D eigenvalue weighted by Crippen LogP contribution is 2.23. The average Bonchev–Trinajstić information content (AvgIpc) is 2.99. The van der Waals surface area contributed by atoms with Gasteiger partial charge >= 0.3 is 5.97 Å². The molecule has 25 heavy (non-hydrogen) atoms. The van der Waals surface area contributed by atoms with Crippen molar-refractivity contribution in [3.8, 4) is 0 Å². The lowest BCUT2D eigenvalue weighted by molar-refractivity contribution is -0.153. The van der Waals surface area contributed by atoms with Gasteiger partial charge in [-0.1, -0.05) is 29.3 Å². The number of benzene rings is 1. The van der Waals surface area contributed by atoms with Gasteiger partial charge in [-0.25, -0.2) is 0 Å². The van der Waals surface area contributed by atoms with Crippen LogP contribution in [0.4, 0.5) is 5.69 Å². The van der Waals surface area contributed by atoms with Crippen LogP contribution < -0.4 is 5.32 Å². The summed E-state index contributed by atoms with van der Waals surface area (Å²) >= 11 is 12.8. The summed E-state index contributed by atoms with van der Waals surface area (Å²) in [5.74, 6) is -1.29. The maximum absolute atomic E-state index is 12.0. The lowest BCUT2D eigenvalue weighted by Gasteiger charge is -2.13. The van der Waals surface area contributed by atoms with Gasteiger partial charge in [0.15, 0.2) is 11.9 Å². The number of nitrogens with one attached hydrogen (secondary N) is 1. The normalized spacial score (nSPS) is 11.6. The van der Waals surface area contributed by atoms with Crippen molar-refractivity contribution >= 4 is 57.9 Å². The molecule has 1 amide bonds. The summed E-state index contributed by atoms with van der Waals surface area (Å²) in [6.07, 6.45) is -1.10. The third-order valence-corrected chi connectivity index (χ3v) is 4.68. The molecule has 1 aromatic heterocycles. The topological polar surface area (TPSA) is 72.5 Å². The molecule has 1 N–H and O–H groups in total.